The normalized spacial score (nSPS) is 11.2. The molecule has 2 aromatic carbocycles. The van der Waals surface area contributed by atoms with E-state index in [9.17, 15) is 9.90 Å². The summed E-state index contributed by atoms with van der Waals surface area (Å²) in [5, 5.41) is 13.3. The van der Waals surface area contributed by atoms with E-state index in [1.165, 1.54) is 11.1 Å². The molecule has 0 saturated heterocycles. The fraction of sp³-hybridized carbons (Fsp3) is 0.346. The Bertz CT molecular complexity index is 1050. The van der Waals surface area contributed by atoms with Crippen molar-refractivity contribution >= 4 is 5.97 Å². The van der Waals surface area contributed by atoms with Crippen molar-refractivity contribution in [2.75, 3.05) is 0 Å². The number of nitrogens with one attached hydrogen (secondary N) is 1. The third-order valence-corrected chi connectivity index (χ3v) is 5.64. The Morgan fingerprint density at radius 2 is 1.68 bits per heavy atom. The second-order valence-electron chi connectivity index (χ2n) is 8.26. The minimum absolute atomic E-state index is 0.147. The number of aromatic carboxylic acids is 1. The van der Waals surface area contributed by atoms with E-state index >= 15 is 0 Å². The number of carboxylic acids is 1. The van der Waals surface area contributed by atoms with Crippen molar-refractivity contribution in [3.8, 4) is 5.75 Å². The van der Waals surface area contributed by atoms with E-state index in [-0.39, 0.29) is 6.10 Å². The first kappa shape index (κ1) is 22.6. The van der Waals surface area contributed by atoms with E-state index in [2.05, 4.69) is 28.9 Å². The van der Waals surface area contributed by atoms with Crippen LogP contribution in [0.15, 0.2) is 48.5 Å². The van der Waals surface area contributed by atoms with Crippen molar-refractivity contribution in [2.45, 2.75) is 60.4 Å². The molecule has 0 spiro atoms. The molecule has 0 radical (unpaired) electrons. The van der Waals surface area contributed by atoms with Crippen molar-refractivity contribution < 1.29 is 14.6 Å². The third kappa shape index (κ3) is 5.36. The zero-order valence-electron chi connectivity index (χ0n) is 19.0. The zero-order chi connectivity index (χ0) is 22.5. The number of aryl methyl sites for hydroxylation is 1. The molecule has 5 heteroatoms. The molecule has 5 nitrogen and oxygen atoms in total. The van der Waals surface area contributed by atoms with Gasteiger partial charge in [-0.2, -0.15) is 0 Å². The highest BCUT2D eigenvalue weighted by atomic mass is 16.5. The van der Waals surface area contributed by atoms with E-state index in [0.29, 0.717) is 25.2 Å². The number of nitrogens with zero attached hydrogens (tertiary/aromatic N) is 1. The number of ether oxygens (including phenoxy) is 1. The van der Waals surface area contributed by atoms with Crippen LogP contribution in [0.2, 0.25) is 0 Å². The highest BCUT2D eigenvalue weighted by molar-refractivity contribution is 5.91. The Balaban J connectivity index is 1.76. The van der Waals surface area contributed by atoms with Crippen LogP contribution >= 0.6 is 0 Å². The van der Waals surface area contributed by atoms with Crippen LogP contribution in [-0.4, -0.2) is 21.7 Å². The van der Waals surface area contributed by atoms with Gasteiger partial charge in [0.05, 0.1) is 11.7 Å². The fourth-order valence-electron chi connectivity index (χ4n) is 3.93. The van der Waals surface area contributed by atoms with E-state index < -0.39 is 5.97 Å². The van der Waals surface area contributed by atoms with Crippen LogP contribution < -0.4 is 10.1 Å². The van der Waals surface area contributed by atoms with Crippen molar-refractivity contribution in [3.05, 3.63) is 87.7 Å². The first-order valence-electron chi connectivity index (χ1n) is 10.7. The maximum atomic E-state index is 12.0. The molecule has 0 aliphatic rings. The molecule has 31 heavy (non-hydrogen) atoms. The van der Waals surface area contributed by atoms with Crippen molar-refractivity contribution in [2.24, 2.45) is 0 Å². The molecule has 0 atom stereocenters. The van der Waals surface area contributed by atoms with Crippen molar-refractivity contribution in [1.82, 2.24) is 9.88 Å². The summed E-state index contributed by atoms with van der Waals surface area (Å²) in [5.74, 6) is -0.0252. The van der Waals surface area contributed by atoms with Gasteiger partial charge in [-0.05, 0) is 63.4 Å². The van der Waals surface area contributed by atoms with Crippen LogP contribution in [0.25, 0.3) is 0 Å². The topological polar surface area (TPSA) is 63.5 Å². The lowest BCUT2D eigenvalue weighted by atomic mass is 10.1. The van der Waals surface area contributed by atoms with Gasteiger partial charge in [0.15, 0.2) is 0 Å². The lowest BCUT2D eigenvalue weighted by molar-refractivity contribution is 0.0694. The second-order valence-corrected chi connectivity index (χ2v) is 8.26. The van der Waals surface area contributed by atoms with Gasteiger partial charge in [-0.15, -0.1) is 0 Å². The van der Waals surface area contributed by atoms with Gasteiger partial charge in [-0.3, -0.25) is 0 Å². The summed E-state index contributed by atoms with van der Waals surface area (Å²) in [7, 11) is 0. The predicted molar refractivity (Wildman–Crippen MR) is 124 cm³/mol. The monoisotopic (exact) mass is 420 g/mol. The van der Waals surface area contributed by atoms with Gasteiger partial charge in [0.2, 0.25) is 0 Å². The Hall–Kier alpha value is -3.05. The highest BCUT2D eigenvalue weighted by Crippen LogP contribution is 2.25. The average molecular weight is 421 g/mol. The first-order valence-corrected chi connectivity index (χ1v) is 10.7. The minimum atomic E-state index is -0.879. The van der Waals surface area contributed by atoms with Crippen LogP contribution in [0, 0.1) is 20.8 Å². The molecule has 0 fully saturated rings. The van der Waals surface area contributed by atoms with Gasteiger partial charge in [-0.1, -0.05) is 36.4 Å². The van der Waals surface area contributed by atoms with Gasteiger partial charge < -0.3 is 19.7 Å². The van der Waals surface area contributed by atoms with Gasteiger partial charge in [0, 0.05) is 36.6 Å². The molecule has 3 rings (SSSR count). The third-order valence-electron chi connectivity index (χ3n) is 5.64. The number of hydrogen-bond donors (Lipinski definition) is 2. The van der Waals surface area contributed by atoms with Crippen LogP contribution in [0.4, 0.5) is 0 Å². The van der Waals surface area contributed by atoms with Crippen LogP contribution in [0.3, 0.4) is 0 Å². The van der Waals surface area contributed by atoms with E-state index in [0.717, 1.165) is 28.3 Å². The molecular weight excluding hydrogens is 388 g/mol. The van der Waals surface area contributed by atoms with Crippen LogP contribution in [0.1, 0.15) is 57.8 Å². The summed E-state index contributed by atoms with van der Waals surface area (Å²) in [4.78, 5) is 12.0. The number of carboxylic acid groups (broad SMARTS) is 1. The molecule has 0 aliphatic carbocycles. The van der Waals surface area contributed by atoms with Gasteiger partial charge in [0.1, 0.15) is 5.75 Å². The fourth-order valence-corrected chi connectivity index (χ4v) is 3.93. The molecule has 0 amide bonds. The van der Waals surface area contributed by atoms with E-state index in [1.807, 2.05) is 64.1 Å². The molecule has 164 valence electrons. The standard InChI is InChI=1S/C26H32N2O3/c1-17(2)31-23-12-10-21(11-13-23)14-27-15-24-19(4)28(20(5)25(24)26(29)30)16-22-9-7-6-8-18(22)3/h6-13,17,27H,14-16H2,1-5H3,(H,29,30). The van der Waals surface area contributed by atoms with Crippen molar-refractivity contribution in [1.29, 1.82) is 0 Å². The predicted octanol–water partition coefficient (Wildman–Crippen LogP) is 5.24. The van der Waals surface area contributed by atoms with Crippen molar-refractivity contribution in [3.63, 3.8) is 0 Å². The summed E-state index contributed by atoms with van der Waals surface area (Å²) in [6.07, 6.45) is 0.147. The molecule has 1 aromatic heterocycles. The quantitative estimate of drug-likeness (QED) is 0.497. The Morgan fingerprint density at radius 1 is 1.00 bits per heavy atom. The molecule has 2 N–H and O–H groups in total. The van der Waals surface area contributed by atoms with Gasteiger partial charge in [-0.25, -0.2) is 4.79 Å². The maximum absolute atomic E-state index is 12.0. The molecule has 3 aromatic rings. The van der Waals surface area contributed by atoms with Gasteiger partial charge in [0.25, 0.3) is 0 Å². The smallest absolute Gasteiger partial charge is 0.337 e. The van der Waals surface area contributed by atoms with E-state index in [4.69, 9.17) is 4.74 Å². The number of rotatable bonds is 9. The highest BCUT2D eigenvalue weighted by Gasteiger charge is 2.22. The number of carbonyl (C=O) groups is 1. The molecule has 0 saturated carbocycles. The van der Waals surface area contributed by atoms with Crippen LogP contribution in [-0.2, 0) is 19.6 Å². The molecule has 0 bridgehead atoms. The summed E-state index contributed by atoms with van der Waals surface area (Å²) in [5.41, 5.74) is 6.56. The molecule has 0 unspecified atom stereocenters. The Morgan fingerprint density at radius 3 is 2.29 bits per heavy atom. The Labute approximate surface area is 184 Å². The summed E-state index contributed by atoms with van der Waals surface area (Å²) in [6, 6.07) is 16.2. The lowest BCUT2D eigenvalue weighted by Crippen LogP contribution is -2.15. The summed E-state index contributed by atoms with van der Waals surface area (Å²) >= 11 is 0. The lowest BCUT2D eigenvalue weighted by Gasteiger charge is -2.12. The van der Waals surface area contributed by atoms with Crippen LogP contribution in [0.5, 0.6) is 5.75 Å². The number of benzene rings is 2. The van der Waals surface area contributed by atoms with E-state index in [1.54, 1.807) is 0 Å². The largest absolute Gasteiger partial charge is 0.491 e. The number of hydrogen-bond acceptors (Lipinski definition) is 3. The SMILES string of the molecule is Cc1ccccc1Cn1c(C)c(CNCc2ccc(OC(C)C)cc2)c(C(=O)O)c1C. The average Bonchev–Trinajstić information content (AvgIpc) is 2.95. The summed E-state index contributed by atoms with van der Waals surface area (Å²) < 4.78 is 7.80. The Kier molecular flexibility index (Phi) is 7.18. The maximum Gasteiger partial charge on any atom is 0.337 e. The summed E-state index contributed by atoms with van der Waals surface area (Å²) in [6.45, 7) is 11.8. The molecule has 0 aliphatic heterocycles. The minimum Gasteiger partial charge on any atom is -0.491 e. The zero-order valence-corrected chi connectivity index (χ0v) is 19.0. The second kappa shape index (κ2) is 9.84. The number of aromatic nitrogens is 1. The first-order chi connectivity index (χ1) is 14.8. The van der Waals surface area contributed by atoms with Gasteiger partial charge >= 0.3 is 5.97 Å². The molecular formula is C26H32N2O3. The molecule has 1 heterocycles.